The zero-order valence-electron chi connectivity index (χ0n) is 47.0. The van der Waals surface area contributed by atoms with Gasteiger partial charge in [0, 0.05) is 13.0 Å². The molecule has 25 nitrogen and oxygen atoms in total. The maximum atomic E-state index is 14.4. The Hall–Kier alpha value is -1.68. The highest BCUT2D eigenvalue weighted by atomic mass is 32.3. The van der Waals surface area contributed by atoms with Crippen LogP contribution in [0.2, 0.25) is 0 Å². The topological polar surface area (TPSA) is 375 Å². The highest BCUT2D eigenvalue weighted by Gasteiger charge is 2.79. The molecule has 28 atom stereocenters. The minimum absolute atomic E-state index is 0.00504. The molecule has 0 bridgehead atoms. The molecule has 5 saturated heterocycles. The minimum atomic E-state index is -5.17. The number of carbonyl (C=O) groups is 1. The maximum absolute atomic E-state index is 14.4. The molecule has 0 aromatic rings. The molecule has 9 aliphatic rings. The number of rotatable bonds is 17. The largest absolute Gasteiger partial charge is 0.459 e. The normalized spacial score (nSPS) is 51.2. The Balaban J connectivity index is 0.904. The number of fused-ring (bicyclic) bond motifs is 4. The summed E-state index contributed by atoms with van der Waals surface area (Å²) in [7, 11) is -3.98. The molecular weight excluding hydrogens is 1080 g/mol. The van der Waals surface area contributed by atoms with Crippen LogP contribution in [0.25, 0.3) is 0 Å². The van der Waals surface area contributed by atoms with Gasteiger partial charge in [-0.25, -0.2) is 4.18 Å². The fraction of sp³-hybridized carbons (Fsp3) is 0.944. The van der Waals surface area contributed by atoms with Gasteiger partial charge < -0.3 is 98.4 Å². The zero-order chi connectivity index (χ0) is 58.6. The molecule has 21 unspecified atom stereocenters. The Labute approximate surface area is 467 Å². The molecule has 80 heavy (non-hydrogen) atoms. The van der Waals surface area contributed by atoms with E-state index in [1.807, 2.05) is 6.08 Å². The number of esters is 1. The lowest BCUT2D eigenvalue weighted by Gasteiger charge is -2.64. The number of hydrogen-bond donors (Lipinski definition) is 11. The predicted octanol–water partition coefficient (Wildman–Crippen LogP) is -0.510. The summed E-state index contributed by atoms with van der Waals surface area (Å²) in [6.07, 6.45) is -24.9. The average molecular weight is 1170 g/mol. The SMILES string of the molecule is COC1C(O)C(CO)OC(OC2C(O)C(CO)OC(OC3C(C)OC(OC4C(OC5CC[C@]6(C)C7=C[C@H](O)C89C(=O)O[C@@](C)(CCCC(C)C)[C@H]8CC[C@@]9(C)[C@@H]7CC[C@H]6C5(C)C)OCC(OS(=O)(=O)O)C4O)C(O)C3O)C2O)C1O. The first-order valence-corrected chi connectivity index (χ1v) is 29.8. The summed E-state index contributed by atoms with van der Waals surface area (Å²) in [5.74, 6) is 0.0424. The van der Waals surface area contributed by atoms with Gasteiger partial charge in [-0.05, 0) is 99.2 Å². The Bertz CT molecular complexity index is 2330. The summed E-state index contributed by atoms with van der Waals surface area (Å²) in [6.45, 7) is 14.2. The van der Waals surface area contributed by atoms with Crippen LogP contribution >= 0.6 is 0 Å². The second-order valence-corrected chi connectivity index (χ2v) is 26.9. The van der Waals surface area contributed by atoms with Gasteiger partial charge in [-0.2, -0.15) is 8.42 Å². The Kier molecular flexibility index (Phi) is 18.2. The number of allylic oxidation sites excluding steroid dienone is 1. The monoisotopic (exact) mass is 1170 g/mol. The van der Waals surface area contributed by atoms with E-state index in [9.17, 15) is 68.8 Å². The van der Waals surface area contributed by atoms with Crippen molar-refractivity contribution in [2.45, 2.75) is 248 Å². The lowest BCUT2D eigenvalue weighted by atomic mass is 9.40. The summed E-state index contributed by atoms with van der Waals surface area (Å²) in [5.41, 5.74) is -2.26. The van der Waals surface area contributed by atoms with Crippen molar-refractivity contribution in [3.8, 4) is 0 Å². The first kappa shape index (κ1) is 62.8. The highest BCUT2D eigenvalue weighted by molar-refractivity contribution is 7.80. The quantitative estimate of drug-likeness (QED) is 0.0378. The van der Waals surface area contributed by atoms with E-state index in [1.54, 1.807) is 0 Å². The van der Waals surface area contributed by atoms with Gasteiger partial charge in [-0.1, -0.05) is 59.6 Å². The second-order valence-electron chi connectivity index (χ2n) is 25.9. The number of ether oxygens (including phenoxy) is 10. The van der Waals surface area contributed by atoms with Crippen molar-refractivity contribution < 1.29 is 120 Å². The van der Waals surface area contributed by atoms with Crippen molar-refractivity contribution in [1.82, 2.24) is 0 Å². The van der Waals surface area contributed by atoms with Gasteiger partial charge >= 0.3 is 16.4 Å². The maximum Gasteiger partial charge on any atom is 0.397 e. The molecule has 0 aromatic heterocycles. The number of aliphatic hydroxyl groups excluding tert-OH is 10. The van der Waals surface area contributed by atoms with Crippen LogP contribution in [0.1, 0.15) is 113 Å². The van der Waals surface area contributed by atoms with E-state index in [0.29, 0.717) is 18.8 Å². The van der Waals surface area contributed by atoms with Crippen molar-refractivity contribution in [2.24, 2.45) is 45.3 Å². The van der Waals surface area contributed by atoms with E-state index in [4.69, 9.17) is 51.6 Å². The van der Waals surface area contributed by atoms with Crippen molar-refractivity contribution in [1.29, 1.82) is 0 Å². The zero-order valence-corrected chi connectivity index (χ0v) is 47.9. The van der Waals surface area contributed by atoms with Gasteiger partial charge in [0.15, 0.2) is 25.2 Å². The van der Waals surface area contributed by atoms with Crippen molar-refractivity contribution >= 4 is 16.4 Å². The number of aliphatic hydroxyl groups is 10. The van der Waals surface area contributed by atoms with Crippen LogP contribution in [0.4, 0.5) is 0 Å². The highest BCUT2D eigenvalue weighted by Crippen LogP contribution is 2.76. The minimum Gasteiger partial charge on any atom is -0.459 e. The summed E-state index contributed by atoms with van der Waals surface area (Å²) in [4.78, 5) is 14.4. The second kappa shape index (κ2) is 23.2. The van der Waals surface area contributed by atoms with Crippen LogP contribution < -0.4 is 0 Å². The fourth-order valence-electron chi connectivity index (χ4n) is 16.4. The molecule has 0 radical (unpaired) electrons. The number of cyclic esters (lactones) is 1. The third-order valence-electron chi connectivity index (χ3n) is 20.6. The van der Waals surface area contributed by atoms with Crippen molar-refractivity contribution in [2.75, 3.05) is 26.9 Å². The summed E-state index contributed by atoms with van der Waals surface area (Å²) in [6, 6.07) is 0. The van der Waals surface area contributed by atoms with Gasteiger partial charge in [0.2, 0.25) is 0 Å². The Morgan fingerprint density at radius 2 is 1.29 bits per heavy atom. The van der Waals surface area contributed by atoms with Crippen molar-refractivity contribution in [3.05, 3.63) is 11.6 Å². The van der Waals surface area contributed by atoms with Gasteiger partial charge in [0.25, 0.3) is 0 Å². The molecular formula is C54H88O25S. The lowest BCUT2D eigenvalue weighted by molar-refractivity contribution is -0.389. The number of carbonyl (C=O) groups excluding carboxylic acids is 1. The van der Waals surface area contributed by atoms with Crippen LogP contribution in [0.3, 0.4) is 0 Å². The molecule has 11 N–H and O–H groups in total. The van der Waals surface area contributed by atoms with E-state index in [2.05, 4.69) is 48.5 Å². The van der Waals surface area contributed by atoms with Crippen LogP contribution in [0.15, 0.2) is 11.6 Å². The molecule has 460 valence electrons. The first-order chi connectivity index (χ1) is 37.4. The summed E-state index contributed by atoms with van der Waals surface area (Å²) in [5, 5.41) is 112. The van der Waals surface area contributed by atoms with E-state index in [0.717, 1.165) is 50.5 Å². The van der Waals surface area contributed by atoms with Gasteiger partial charge in [0.05, 0.1) is 38.1 Å². The number of methoxy groups -OCH3 is 1. The van der Waals surface area contributed by atoms with Crippen LogP contribution in [0.5, 0.6) is 0 Å². The Morgan fingerprint density at radius 1 is 0.688 bits per heavy atom. The standard InChI is InChI=1S/C54H88O25S/c1-23(2)11-10-16-53(8)31-14-18-52(7)25-12-13-30-50(4,5)33(15-17-51(30,6)26(25)19-32(57)54(31,52)49(65)78-53)74-48-44(36(60)29(22-70-48)79-80(66,67)68)77-45-38(62)37(61)41(24(3)71-45)75-47-40(64)43(35(59)28(21-56)73-47)76-46-39(63)42(69-9)34(58)27(20-55)72-46/h19,23-25,27-48,55-64H,10-18,20-22H2,1-9H3,(H,66,67,68)/t24?,25-,27?,28?,29?,30+,31-,32+,33?,34?,35?,36?,37?,38?,39?,40?,41?,42?,43?,44?,45?,46?,47?,48?,51-,52+,53+,54?/m1/s1. The molecule has 0 aromatic carbocycles. The molecule has 4 aliphatic carbocycles. The lowest BCUT2D eigenvalue weighted by Crippen LogP contribution is -2.67. The van der Waals surface area contributed by atoms with E-state index < -0.39 is 186 Å². The van der Waals surface area contributed by atoms with E-state index in [1.165, 1.54) is 14.0 Å². The fourth-order valence-corrected chi connectivity index (χ4v) is 16.9. The smallest absolute Gasteiger partial charge is 0.397 e. The molecule has 0 amide bonds. The third kappa shape index (κ3) is 10.6. The van der Waals surface area contributed by atoms with Crippen LogP contribution in [-0.2, 0) is 66.7 Å². The average Bonchev–Trinajstić information content (AvgIpc) is 3.90. The van der Waals surface area contributed by atoms with Gasteiger partial charge in [-0.15, -0.1) is 0 Å². The molecule has 3 saturated carbocycles. The van der Waals surface area contributed by atoms with Gasteiger partial charge in [0.1, 0.15) is 96.5 Å². The predicted molar refractivity (Wildman–Crippen MR) is 272 cm³/mol. The van der Waals surface area contributed by atoms with Crippen LogP contribution in [0, 0.1) is 45.3 Å². The third-order valence-corrected chi connectivity index (χ3v) is 21.1. The van der Waals surface area contributed by atoms with Crippen LogP contribution in [-0.4, -0.2) is 231 Å². The molecule has 5 aliphatic heterocycles. The molecule has 8 fully saturated rings. The Morgan fingerprint density at radius 3 is 1.90 bits per heavy atom. The summed E-state index contributed by atoms with van der Waals surface area (Å²) < 4.78 is 98.1. The summed E-state index contributed by atoms with van der Waals surface area (Å²) >= 11 is 0. The van der Waals surface area contributed by atoms with Gasteiger partial charge in [-0.3, -0.25) is 9.35 Å². The molecule has 9 rings (SSSR count). The molecule has 1 spiro atoms. The number of hydrogen-bond acceptors (Lipinski definition) is 24. The van der Waals surface area contributed by atoms with E-state index >= 15 is 0 Å². The van der Waals surface area contributed by atoms with Crippen molar-refractivity contribution in [3.63, 3.8) is 0 Å². The molecule has 26 heteroatoms. The molecule has 5 heterocycles. The first-order valence-electron chi connectivity index (χ1n) is 28.4. The van der Waals surface area contributed by atoms with E-state index in [-0.39, 0.29) is 23.7 Å².